The quantitative estimate of drug-likeness (QED) is 0.837. The lowest BCUT2D eigenvalue weighted by atomic mass is 9.95. The number of hydrogen-bond acceptors (Lipinski definition) is 3. The SMILES string of the molecule is Cc1ccc(C(=O)NC2CCCCC2)cc1S(=O)(=O)Nc1ccccc1. The lowest BCUT2D eigenvalue weighted by Crippen LogP contribution is -2.36. The van der Waals surface area contributed by atoms with E-state index in [2.05, 4.69) is 10.0 Å². The molecule has 0 heterocycles. The van der Waals surface area contributed by atoms with Crippen LogP contribution in [0.2, 0.25) is 0 Å². The Balaban J connectivity index is 1.81. The van der Waals surface area contributed by atoms with Gasteiger partial charge in [0.15, 0.2) is 0 Å². The molecular formula is C20H24N2O3S. The maximum atomic E-state index is 12.7. The van der Waals surface area contributed by atoms with E-state index in [4.69, 9.17) is 0 Å². The predicted molar refractivity (Wildman–Crippen MR) is 103 cm³/mol. The molecule has 0 saturated heterocycles. The first kappa shape index (κ1) is 18.5. The Kier molecular flexibility index (Phi) is 5.61. The minimum atomic E-state index is -3.76. The Morgan fingerprint density at radius 2 is 1.69 bits per heavy atom. The Morgan fingerprint density at radius 3 is 2.38 bits per heavy atom. The summed E-state index contributed by atoms with van der Waals surface area (Å²) in [5.74, 6) is -0.215. The molecule has 1 saturated carbocycles. The van der Waals surface area contributed by atoms with Gasteiger partial charge in [-0.15, -0.1) is 0 Å². The molecule has 3 rings (SSSR count). The predicted octanol–water partition coefficient (Wildman–Crippen LogP) is 3.86. The Labute approximate surface area is 154 Å². The highest BCUT2D eigenvalue weighted by Gasteiger charge is 2.21. The molecule has 138 valence electrons. The Bertz CT molecular complexity index is 873. The van der Waals surface area contributed by atoms with Gasteiger partial charge in [-0.05, 0) is 49.6 Å². The summed E-state index contributed by atoms with van der Waals surface area (Å²) >= 11 is 0. The third-order valence-corrected chi connectivity index (χ3v) is 6.23. The normalized spacial score (nSPS) is 15.4. The fraction of sp³-hybridized carbons (Fsp3) is 0.350. The molecule has 6 heteroatoms. The van der Waals surface area contributed by atoms with Crippen molar-refractivity contribution in [3.8, 4) is 0 Å². The first-order valence-electron chi connectivity index (χ1n) is 8.95. The molecule has 0 radical (unpaired) electrons. The van der Waals surface area contributed by atoms with E-state index in [1.807, 2.05) is 6.07 Å². The van der Waals surface area contributed by atoms with E-state index in [1.54, 1.807) is 43.3 Å². The third-order valence-electron chi connectivity index (χ3n) is 4.71. The molecule has 26 heavy (non-hydrogen) atoms. The summed E-state index contributed by atoms with van der Waals surface area (Å²) in [7, 11) is -3.76. The smallest absolute Gasteiger partial charge is 0.262 e. The standard InChI is InChI=1S/C20H24N2O3S/c1-15-12-13-16(20(23)21-17-8-4-2-5-9-17)14-19(15)26(24,25)22-18-10-6-3-7-11-18/h3,6-7,10-14,17,22H,2,4-5,8-9H2,1H3,(H,21,23). The van der Waals surface area contributed by atoms with Crippen LogP contribution in [0.15, 0.2) is 53.4 Å². The summed E-state index contributed by atoms with van der Waals surface area (Å²) in [5.41, 5.74) is 1.46. The number of benzene rings is 2. The fourth-order valence-corrected chi connectivity index (χ4v) is 4.59. The molecule has 0 unspecified atom stereocenters. The molecule has 1 aliphatic rings. The third kappa shape index (κ3) is 4.43. The van der Waals surface area contributed by atoms with Crippen LogP contribution < -0.4 is 10.0 Å². The van der Waals surface area contributed by atoms with Crippen LogP contribution in [-0.2, 0) is 10.0 Å². The van der Waals surface area contributed by atoms with Crippen LogP contribution in [0.1, 0.15) is 48.0 Å². The van der Waals surface area contributed by atoms with Gasteiger partial charge in [-0.3, -0.25) is 9.52 Å². The number of hydrogen-bond donors (Lipinski definition) is 2. The minimum absolute atomic E-state index is 0.123. The Hall–Kier alpha value is -2.34. The molecule has 0 spiro atoms. The van der Waals surface area contributed by atoms with E-state index in [-0.39, 0.29) is 16.8 Å². The second kappa shape index (κ2) is 7.91. The topological polar surface area (TPSA) is 75.3 Å². The highest BCUT2D eigenvalue weighted by molar-refractivity contribution is 7.92. The van der Waals surface area contributed by atoms with E-state index in [1.165, 1.54) is 12.5 Å². The molecule has 1 aliphatic carbocycles. The van der Waals surface area contributed by atoms with Crippen molar-refractivity contribution < 1.29 is 13.2 Å². The minimum Gasteiger partial charge on any atom is -0.349 e. The number of carbonyl (C=O) groups is 1. The summed E-state index contributed by atoms with van der Waals surface area (Å²) < 4.78 is 28.1. The average molecular weight is 372 g/mol. The van der Waals surface area contributed by atoms with E-state index >= 15 is 0 Å². The summed E-state index contributed by atoms with van der Waals surface area (Å²) in [5, 5.41) is 3.03. The highest BCUT2D eigenvalue weighted by atomic mass is 32.2. The van der Waals surface area contributed by atoms with Crippen LogP contribution >= 0.6 is 0 Å². The number of rotatable bonds is 5. The summed E-state index contributed by atoms with van der Waals surface area (Å²) in [6.45, 7) is 1.72. The van der Waals surface area contributed by atoms with Gasteiger partial charge in [-0.2, -0.15) is 0 Å². The van der Waals surface area contributed by atoms with Crippen LogP contribution in [0.5, 0.6) is 0 Å². The zero-order chi connectivity index (χ0) is 18.6. The molecule has 0 aromatic heterocycles. The van der Waals surface area contributed by atoms with Crippen molar-refractivity contribution in [2.24, 2.45) is 0 Å². The van der Waals surface area contributed by atoms with Gasteiger partial charge in [0.05, 0.1) is 4.90 Å². The maximum absolute atomic E-state index is 12.7. The molecule has 2 aromatic carbocycles. The zero-order valence-corrected chi connectivity index (χ0v) is 15.7. The highest BCUT2D eigenvalue weighted by Crippen LogP contribution is 2.22. The van der Waals surface area contributed by atoms with Crippen LogP contribution in [0.4, 0.5) is 5.69 Å². The second-order valence-corrected chi connectivity index (χ2v) is 8.41. The van der Waals surface area contributed by atoms with Crippen LogP contribution in [0.25, 0.3) is 0 Å². The molecule has 0 atom stereocenters. The van der Waals surface area contributed by atoms with Crippen molar-refractivity contribution in [3.63, 3.8) is 0 Å². The van der Waals surface area contributed by atoms with Crippen molar-refractivity contribution in [1.82, 2.24) is 5.32 Å². The number of aryl methyl sites for hydroxylation is 1. The molecule has 2 aromatic rings. The summed E-state index contributed by atoms with van der Waals surface area (Å²) in [6.07, 6.45) is 5.43. The molecule has 0 bridgehead atoms. The van der Waals surface area contributed by atoms with Crippen LogP contribution in [0.3, 0.4) is 0 Å². The molecule has 5 nitrogen and oxygen atoms in total. The van der Waals surface area contributed by atoms with E-state index in [0.717, 1.165) is 25.7 Å². The lowest BCUT2D eigenvalue weighted by Gasteiger charge is -2.23. The first-order valence-corrected chi connectivity index (χ1v) is 10.4. The Morgan fingerprint density at radius 1 is 1.00 bits per heavy atom. The summed E-state index contributed by atoms with van der Waals surface area (Å²) in [6, 6.07) is 13.7. The van der Waals surface area contributed by atoms with Crippen molar-refractivity contribution >= 4 is 21.6 Å². The van der Waals surface area contributed by atoms with Gasteiger partial charge in [0.2, 0.25) is 0 Å². The monoisotopic (exact) mass is 372 g/mol. The largest absolute Gasteiger partial charge is 0.349 e. The average Bonchev–Trinajstić information content (AvgIpc) is 2.63. The molecule has 2 N–H and O–H groups in total. The van der Waals surface area contributed by atoms with Gasteiger partial charge in [0.1, 0.15) is 0 Å². The van der Waals surface area contributed by atoms with E-state index in [9.17, 15) is 13.2 Å². The second-order valence-electron chi connectivity index (χ2n) is 6.76. The van der Waals surface area contributed by atoms with E-state index in [0.29, 0.717) is 16.8 Å². The van der Waals surface area contributed by atoms with Gasteiger partial charge in [0, 0.05) is 17.3 Å². The maximum Gasteiger partial charge on any atom is 0.262 e. The lowest BCUT2D eigenvalue weighted by molar-refractivity contribution is 0.0927. The van der Waals surface area contributed by atoms with Crippen molar-refractivity contribution in [3.05, 3.63) is 59.7 Å². The molecule has 0 aliphatic heterocycles. The van der Waals surface area contributed by atoms with Crippen LogP contribution in [-0.4, -0.2) is 20.4 Å². The zero-order valence-electron chi connectivity index (χ0n) is 14.9. The van der Waals surface area contributed by atoms with Gasteiger partial charge in [-0.25, -0.2) is 8.42 Å². The first-order chi connectivity index (χ1) is 12.5. The van der Waals surface area contributed by atoms with Crippen LogP contribution in [0, 0.1) is 6.92 Å². The van der Waals surface area contributed by atoms with Gasteiger partial charge < -0.3 is 5.32 Å². The van der Waals surface area contributed by atoms with Crippen molar-refractivity contribution in [1.29, 1.82) is 0 Å². The van der Waals surface area contributed by atoms with E-state index < -0.39 is 10.0 Å². The number of nitrogens with one attached hydrogen (secondary N) is 2. The number of sulfonamides is 1. The molecule has 1 fully saturated rings. The van der Waals surface area contributed by atoms with Gasteiger partial charge in [0.25, 0.3) is 15.9 Å². The number of anilines is 1. The van der Waals surface area contributed by atoms with Gasteiger partial charge >= 0.3 is 0 Å². The fourth-order valence-electron chi connectivity index (χ4n) is 3.26. The summed E-state index contributed by atoms with van der Waals surface area (Å²) in [4.78, 5) is 12.7. The molecule has 1 amide bonds. The van der Waals surface area contributed by atoms with Crippen molar-refractivity contribution in [2.45, 2.75) is 50.0 Å². The number of carbonyl (C=O) groups excluding carboxylic acids is 1. The molecular weight excluding hydrogens is 348 g/mol. The number of amides is 1. The van der Waals surface area contributed by atoms with Crippen molar-refractivity contribution in [2.75, 3.05) is 4.72 Å². The van der Waals surface area contributed by atoms with Gasteiger partial charge in [-0.1, -0.05) is 43.5 Å². The number of para-hydroxylation sites is 1.